The molecule has 0 unspecified atom stereocenters. The van der Waals surface area contributed by atoms with E-state index in [0.717, 1.165) is 35.2 Å². The second kappa shape index (κ2) is 9.82. The predicted molar refractivity (Wildman–Crippen MR) is 124 cm³/mol. The van der Waals surface area contributed by atoms with Crippen LogP contribution < -0.4 is 16.0 Å². The molecule has 4 N–H and O–H groups in total. The van der Waals surface area contributed by atoms with Gasteiger partial charge in [-0.05, 0) is 55.3 Å². The normalized spacial score (nSPS) is 13.1. The van der Waals surface area contributed by atoms with Crippen LogP contribution in [0, 0.1) is 0 Å². The van der Waals surface area contributed by atoms with Gasteiger partial charge in [0.2, 0.25) is 5.91 Å². The molecule has 1 aliphatic carbocycles. The third-order valence-electron chi connectivity index (χ3n) is 4.80. The first-order valence-corrected chi connectivity index (χ1v) is 11.5. The zero-order valence-electron chi connectivity index (χ0n) is 17.7. The van der Waals surface area contributed by atoms with Gasteiger partial charge in [0.25, 0.3) is 0 Å². The number of rotatable bonds is 10. The molecule has 0 aliphatic heterocycles. The summed E-state index contributed by atoms with van der Waals surface area (Å²) < 4.78 is 0. The Labute approximate surface area is 186 Å². The Balaban J connectivity index is 1.49. The van der Waals surface area contributed by atoms with Crippen molar-refractivity contribution in [1.29, 1.82) is 0 Å². The van der Waals surface area contributed by atoms with Crippen molar-refractivity contribution in [3.63, 3.8) is 0 Å². The molecule has 4 rings (SSSR count). The highest BCUT2D eigenvalue weighted by Crippen LogP contribution is 2.39. The van der Waals surface area contributed by atoms with Crippen LogP contribution in [0.2, 0.25) is 0 Å². The summed E-state index contributed by atoms with van der Waals surface area (Å²) in [5, 5.41) is 17.6. The van der Waals surface area contributed by atoms with Crippen molar-refractivity contribution in [1.82, 2.24) is 20.2 Å². The average molecular weight is 438 g/mol. The van der Waals surface area contributed by atoms with E-state index in [-0.39, 0.29) is 5.91 Å². The highest BCUT2D eigenvalue weighted by molar-refractivity contribution is 7.99. The molecular weight excluding hydrogens is 410 g/mol. The van der Waals surface area contributed by atoms with Crippen LogP contribution in [0.25, 0.3) is 0 Å². The van der Waals surface area contributed by atoms with Gasteiger partial charge in [-0.25, -0.2) is 9.97 Å². The second-order valence-electron chi connectivity index (χ2n) is 7.48. The van der Waals surface area contributed by atoms with Gasteiger partial charge in [0.05, 0.1) is 0 Å². The number of amides is 1. The number of carbonyl (C=O) groups excluding carboxylic acids is 1. The Bertz CT molecular complexity index is 1030. The summed E-state index contributed by atoms with van der Waals surface area (Å²) in [6.45, 7) is 4.78. The molecule has 0 atom stereocenters. The summed E-state index contributed by atoms with van der Waals surface area (Å²) in [6.07, 6.45) is 3.91. The van der Waals surface area contributed by atoms with Crippen molar-refractivity contribution in [3.8, 4) is 0 Å². The molecule has 162 valence electrons. The lowest BCUT2D eigenvalue weighted by molar-refractivity contribution is -0.115. The average Bonchev–Trinajstić information content (AvgIpc) is 3.52. The molecule has 31 heavy (non-hydrogen) atoms. The maximum atomic E-state index is 11.6. The molecule has 2 heterocycles. The highest BCUT2D eigenvalue weighted by Gasteiger charge is 2.25. The number of hydrogen-bond acceptors (Lipinski definition) is 7. The largest absolute Gasteiger partial charge is 0.370 e. The summed E-state index contributed by atoms with van der Waals surface area (Å²) in [6, 6.07) is 11.6. The van der Waals surface area contributed by atoms with Crippen molar-refractivity contribution < 1.29 is 4.79 Å². The van der Waals surface area contributed by atoms with E-state index in [1.54, 1.807) is 0 Å². The molecule has 0 saturated heterocycles. The topological polar surface area (TPSA) is 108 Å². The number of aromatic nitrogens is 4. The second-order valence-corrected chi connectivity index (χ2v) is 8.52. The third-order valence-corrected chi connectivity index (χ3v) is 5.67. The van der Waals surface area contributed by atoms with E-state index in [4.69, 9.17) is 0 Å². The molecule has 1 saturated carbocycles. The molecule has 0 bridgehead atoms. The number of hydrogen-bond donors (Lipinski definition) is 4. The van der Waals surface area contributed by atoms with E-state index >= 15 is 0 Å². The maximum Gasteiger partial charge on any atom is 0.224 e. The minimum absolute atomic E-state index is 0.00244. The van der Waals surface area contributed by atoms with Crippen molar-refractivity contribution in [2.75, 3.05) is 22.5 Å². The number of nitrogens with zero attached hydrogens (tertiary/aromatic N) is 3. The van der Waals surface area contributed by atoms with E-state index < -0.39 is 0 Å². The number of H-pyrrole nitrogens is 1. The summed E-state index contributed by atoms with van der Waals surface area (Å²) in [7, 11) is 0. The van der Waals surface area contributed by atoms with Gasteiger partial charge in [0.1, 0.15) is 11.6 Å². The number of aromatic amines is 1. The number of carbonyl (C=O) groups is 1. The van der Waals surface area contributed by atoms with Crippen LogP contribution in [0.1, 0.15) is 51.1 Å². The Morgan fingerprint density at radius 1 is 1.10 bits per heavy atom. The van der Waals surface area contributed by atoms with Gasteiger partial charge in [-0.2, -0.15) is 5.10 Å². The SMILES string of the molecule is CCCNc1cc(Nc2cc(C3CC3)[nH]n2)nc(Sc2ccc(NC(=O)CC)cc2)n1. The van der Waals surface area contributed by atoms with Crippen LogP contribution in [-0.4, -0.2) is 32.6 Å². The molecule has 2 aromatic heterocycles. The Morgan fingerprint density at radius 3 is 2.58 bits per heavy atom. The van der Waals surface area contributed by atoms with Gasteiger partial charge in [-0.3, -0.25) is 9.89 Å². The molecule has 8 nitrogen and oxygen atoms in total. The molecule has 0 spiro atoms. The lowest BCUT2D eigenvalue weighted by atomic mass is 10.3. The Kier molecular flexibility index (Phi) is 6.71. The zero-order chi connectivity index (χ0) is 21.6. The van der Waals surface area contributed by atoms with Gasteiger partial charge < -0.3 is 16.0 Å². The molecular formula is C22H27N7OS. The standard InChI is InChI=1S/C22H27N7OS/c1-3-11-23-18-13-19(25-20-12-17(28-29-20)14-5-6-14)27-22(26-18)31-16-9-7-15(8-10-16)24-21(30)4-2/h7-10,12-14H,3-6,11H2,1-2H3,(H,24,30)(H3,23,25,26,27,28,29). The van der Waals surface area contributed by atoms with Crippen molar-refractivity contribution >= 4 is 40.8 Å². The van der Waals surface area contributed by atoms with Crippen LogP contribution in [-0.2, 0) is 4.79 Å². The minimum atomic E-state index is -0.00244. The monoisotopic (exact) mass is 437 g/mol. The molecule has 1 amide bonds. The van der Waals surface area contributed by atoms with E-state index in [9.17, 15) is 4.79 Å². The Morgan fingerprint density at radius 2 is 1.87 bits per heavy atom. The first-order chi connectivity index (χ1) is 15.1. The number of nitrogens with one attached hydrogen (secondary N) is 4. The molecule has 1 aromatic carbocycles. The fraction of sp³-hybridized carbons (Fsp3) is 0.364. The minimum Gasteiger partial charge on any atom is -0.370 e. The van der Waals surface area contributed by atoms with Gasteiger partial charge in [0.15, 0.2) is 11.0 Å². The molecule has 1 aliphatic rings. The summed E-state index contributed by atoms with van der Waals surface area (Å²) in [5.74, 6) is 2.83. The summed E-state index contributed by atoms with van der Waals surface area (Å²) in [5.41, 5.74) is 1.95. The number of anilines is 4. The lowest BCUT2D eigenvalue weighted by Gasteiger charge is -2.10. The lowest BCUT2D eigenvalue weighted by Crippen LogP contribution is -2.09. The highest BCUT2D eigenvalue weighted by atomic mass is 32.2. The maximum absolute atomic E-state index is 11.6. The first kappa shape index (κ1) is 21.2. The fourth-order valence-electron chi connectivity index (χ4n) is 2.97. The van der Waals surface area contributed by atoms with Crippen molar-refractivity contribution in [2.45, 2.75) is 55.5 Å². The van der Waals surface area contributed by atoms with Gasteiger partial charge in [0, 0.05) is 47.3 Å². The predicted octanol–water partition coefficient (Wildman–Crippen LogP) is 5.14. The van der Waals surface area contributed by atoms with E-state index in [1.807, 2.05) is 37.3 Å². The smallest absolute Gasteiger partial charge is 0.224 e. The first-order valence-electron chi connectivity index (χ1n) is 10.7. The fourth-order valence-corrected chi connectivity index (χ4v) is 3.75. The van der Waals surface area contributed by atoms with Crippen molar-refractivity contribution in [3.05, 3.63) is 42.1 Å². The van der Waals surface area contributed by atoms with Crippen molar-refractivity contribution in [2.24, 2.45) is 0 Å². The quantitative estimate of drug-likeness (QED) is 0.325. The van der Waals surface area contributed by atoms with E-state index in [2.05, 4.69) is 49.1 Å². The van der Waals surface area contributed by atoms with Crippen LogP contribution >= 0.6 is 11.8 Å². The van der Waals surface area contributed by atoms with Crippen LogP contribution in [0.15, 0.2) is 46.5 Å². The Hall–Kier alpha value is -3.07. The third kappa shape index (κ3) is 5.97. The molecule has 9 heteroatoms. The summed E-state index contributed by atoms with van der Waals surface area (Å²) in [4.78, 5) is 21.8. The van der Waals surface area contributed by atoms with Gasteiger partial charge in [-0.15, -0.1) is 0 Å². The molecule has 0 radical (unpaired) electrons. The van der Waals surface area contributed by atoms with Crippen LogP contribution in [0.3, 0.4) is 0 Å². The summed E-state index contributed by atoms with van der Waals surface area (Å²) >= 11 is 1.47. The van der Waals surface area contributed by atoms with Gasteiger partial charge >= 0.3 is 0 Å². The number of benzene rings is 1. The van der Waals surface area contributed by atoms with Crippen LogP contribution in [0.5, 0.6) is 0 Å². The van der Waals surface area contributed by atoms with Crippen LogP contribution in [0.4, 0.5) is 23.1 Å². The molecule has 1 fully saturated rings. The van der Waals surface area contributed by atoms with E-state index in [1.165, 1.54) is 30.3 Å². The van der Waals surface area contributed by atoms with Gasteiger partial charge in [-0.1, -0.05) is 13.8 Å². The zero-order valence-corrected chi connectivity index (χ0v) is 18.6. The molecule has 3 aromatic rings. The van der Waals surface area contributed by atoms with E-state index in [0.29, 0.717) is 23.3 Å².